The highest BCUT2D eigenvalue weighted by atomic mass is 19.1. The molecular weight excluding hydrogens is 217 g/mol. The molecule has 0 fully saturated rings. The average molecular weight is 237 g/mol. The van der Waals surface area contributed by atoms with E-state index in [4.69, 9.17) is 10.5 Å². The maximum atomic E-state index is 13.0. The molecule has 1 aromatic rings. The van der Waals surface area contributed by atoms with Gasteiger partial charge in [-0.05, 0) is 37.0 Å². The van der Waals surface area contributed by atoms with Crippen LogP contribution in [0, 0.1) is 11.7 Å². The van der Waals surface area contributed by atoms with Crippen LogP contribution in [0.2, 0.25) is 0 Å². The summed E-state index contributed by atoms with van der Waals surface area (Å²) in [5.74, 6) is 1.14. The molecule has 1 heterocycles. The minimum atomic E-state index is -0.188. The average Bonchev–Trinajstić information content (AvgIpc) is 2.67. The summed E-state index contributed by atoms with van der Waals surface area (Å²) in [6.45, 7) is 4.26. The van der Waals surface area contributed by atoms with E-state index < -0.39 is 0 Å². The molecule has 2 unspecified atom stereocenters. The molecule has 2 rings (SSSR count). The summed E-state index contributed by atoms with van der Waals surface area (Å²) in [5.41, 5.74) is 6.99. The van der Waals surface area contributed by atoms with Crippen LogP contribution < -0.4 is 10.5 Å². The summed E-state index contributed by atoms with van der Waals surface area (Å²) >= 11 is 0. The molecule has 0 amide bonds. The van der Waals surface area contributed by atoms with Gasteiger partial charge in [-0.1, -0.05) is 13.8 Å². The highest BCUT2D eigenvalue weighted by molar-refractivity contribution is 5.37. The number of ether oxygens (including phenoxy) is 1. The van der Waals surface area contributed by atoms with Crippen LogP contribution in [0.15, 0.2) is 18.2 Å². The first-order chi connectivity index (χ1) is 8.06. The van der Waals surface area contributed by atoms with Crippen molar-refractivity contribution in [1.82, 2.24) is 0 Å². The zero-order chi connectivity index (χ0) is 12.4. The third kappa shape index (κ3) is 2.97. The molecule has 1 aromatic carbocycles. The number of halogens is 1. The topological polar surface area (TPSA) is 35.2 Å². The third-order valence-electron chi connectivity index (χ3n) is 3.44. The van der Waals surface area contributed by atoms with Gasteiger partial charge in [-0.3, -0.25) is 0 Å². The van der Waals surface area contributed by atoms with Gasteiger partial charge in [0.2, 0.25) is 0 Å². The van der Waals surface area contributed by atoms with Crippen LogP contribution in [-0.4, -0.2) is 12.1 Å². The standard InChI is InChI=1S/C14H20FNO/c1-9(2)13(16)5-4-12-8-10-7-11(15)3-6-14(10)17-12/h3,6-7,9,12-13H,4-5,8,16H2,1-2H3. The van der Waals surface area contributed by atoms with E-state index in [0.29, 0.717) is 5.92 Å². The van der Waals surface area contributed by atoms with Gasteiger partial charge in [0.15, 0.2) is 0 Å². The fourth-order valence-corrected chi connectivity index (χ4v) is 2.16. The fraction of sp³-hybridized carbons (Fsp3) is 0.571. The first-order valence-electron chi connectivity index (χ1n) is 6.27. The first-order valence-corrected chi connectivity index (χ1v) is 6.27. The Kier molecular flexibility index (Phi) is 3.67. The van der Waals surface area contributed by atoms with E-state index in [2.05, 4.69) is 13.8 Å². The van der Waals surface area contributed by atoms with Crippen molar-refractivity contribution in [2.45, 2.75) is 45.3 Å². The first kappa shape index (κ1) is 12.4. The van der Waals surface area contributed by atoms with Gasteiger partial charge in [-0.2, -0.15) is 0 Å². The highest BCUT2D eigenvalue weighted by Gasteiger charge is 2.23. The van der Waals surface area contributed by atoms with E-state index in [9.17, 15) is 4.39 Å². The van der Waals surface area contributed by atoms with E-state index in [1.807, 2.05) is 0 Å². The summed E-state index contributed by atoms with van der Waals surface area (Å²) in [6.07, 6.45) is 2.86. The Labute approximate surface area is 102 Å². The van der Waals surface area contributed by atoms with Crippen LogP contribution in [0.4, 0.5) is 4.39 Å². The smallest absolute Gasteiger partial charge is 0.123 e. The maximum Gasteiger partial charge on any atom is 0.123 e. The molecule has 0 spiro atoms. The van der Waals surface area contributed by atoms with Crippen molar-refractivity contribution in [3.63, 3.8) is 0 Å². The molecule has 17 heavy (non-hydrogen) atoms. The molecule has 0 radical (unpaired) electrons. The summed E-state index contributed by atoms with van der Waals surface area (Å²) in [5, 5.41) is 0. The SMILES string of the molecule is CC(C)C(N)CCC1Cc2cc(F)ccc2O1. The van der Waals surface area contributed by atoms with Crippen LogP contribution in [0.5, 0.6) is 5.75 Å². The van der Waals surface area contributed by atoms with Crippen molar-refractivity contribution in [1.29, 1.82) is 0 Å². The Hall–Kier alpha value is -1.09. The number of hydrogen-bond donors (Lipinski definition) is 1. The monoisotopic (exact) mass is 237 g/mol. The Balaban J connectivity index is 1.88. The third-order valence-corrected chi connectivity index (χ3v) is 3.44. The number of rotatable bonds is 4. The largest absolute Gasteiger partial charge is 0.490 e. The van der Waals surface area contributed by atoms with Gasteiger partial charge in [0.25, 0.3) is 0 Å². The highest BCUT2D eigenvalue weighted by Crippen LogP contribution is 2.31. The Morgan fingerprint density at radius 2 is 2.24 bits per heavy atom. The van der Waals surface area contributed by atoms with Crippen LogP contribution in [0.25, 0.3) is 0 Å². The van der Waals surface area contributed by atoms with E-state index in [-0.39, 0.29) is 18.0 Å². The molecule has 0 aromatic heterocycles. The second kappa shape index (κ2) is 5.05. The number of hydrogen-bond acceptors (Lipinski definition) is 2. The predicted octanol–water partition coefficient (Wildman–Crippen LogP) is 2.89. The van der Waals surface area contributed by atoms with E-state index in [1.165, 1.54) is 6.07 Å². The summed E-state index contributed by atoms with van der Waals surface area (Å²) in [4.78, 5) is 0. The van der Waals surface area contributed by atoms with Gasteiger partial charge < -0.3 is 10.5 Å². The molecule has 0 bridgehead atoms. The van der Waals surface area contributed by atoms with Gasteiger partial charge in [-0.25, -0.2) is 4.39 Å². The minimum absolute atomic E-state index is 0.164. The van der Waals surface area contributed by atoms with E-state index in [1.54, 1.807) is 12.1 Å². The minimum Gasteiger partial charge on any atom is -0.490 e. The second-order valence-corrected chi connectivity index (χ2v) is 5.18. The molecule has 1 aliphatic rings. The second-order valence-electron chi connectivity index (χ2n) is 5.18. The fourth-order valence-electron chi connectivity index (χ4n) is 2.16. The van der Waals surface area contributed by atoms with E-state index in [0.717, 1.165) is 30.6 Å². The van der Waals surface area contributed by atoms with Gasteiger partial charge in [0.1, 0.15) is 17.7 Å². The normalized spacial score (nSPS) is 20.2. The van der Waals surface area contributed by atoms with Crippen molar-refractivity contribution in [2.24, 2.45) is 11.7 Å². The summed E-state index contributed by atoms with van der Waals surface area (Å²) in [7, 11) is 0. The van der Waals surface area contributed by atoms with E-state index >= 15 is 0 Å². The lowest BCUT2D eigenvalue weighted by Gasteiger charge is -2.17. The van der Waals surface area contributed by atoms with Crippen molar-refractivity contribution < 1.29 is 9.13 Å². The zero-order valence-corrected chi connectivity index (χ0v) is 10.4. The van der Waals surface area contributed by atoms with Crippen molar-refractivity contribution in [2.75, 3.05) is 0 Å². The van der Waals surface area contributed by atoms with Crippen LogP contribution in [0.3, 0.4) is 0 Å². The lowest BCUT2D eigenvalue weighted by molar-refractivity contribution is 0.210. The summed E-state index contributed by atoms with van der Waals surface area (Å²) < 4.78 is 18.8. The van der Waals surface area contributed by atoms with Gasteiger partial charge in [0, 0.05) is 18.0 Å². The molecule has 2 nitrogen and oxygen atoms in total. The molecule has 0 saturated carbocycles. The summed E-state index contributed by atoms with van der Waals surface area (Å²) in [6, 6.07) is 4.95. The molecule has 2 atom stereocenters. The van der Waals surface area contributed by atoms with Crippen molar-refractivity contribution in [3.8, 4) is 5.75 Å². The number of benzene rings is 1. The quantitative estimate of drug-likeness (QED) is 0.874. The molecule has 0 aliphatic carbocycles. The zero-order valence-electron chi connectivity index (χ0n) is 10.4. The molecule has 94 valence electrons. The van der Waals surface area contributed by atoms with Crippen LogP contribution in [-0.2, 0) is 6.42 Å². The number of nitrogens with two attached hydrogens (primary N) is 1. The Morgan fingerprint density at radius 3 is 2.94 bits per heavy atom. The molecule has 0 saturated heterocycles. The molecule has 3 heteroatoms. The Morgan fingerprint density at radius 1 is 1.47 bits per heavy atom. The van der Waals surface area contributed by atoms with Gasteiger partial charge in [-0.15, -0.1) is 0 Å². The predicted molar refractivity (Wildman–Crippen MR) is 66.6 cm³/mol. The molecule has 1 aliphatic heterocycles. The van der Waals surface area contributed by atoms with Gasteiger partial charge in [0.05, 0.1) is 0 Å². The van der Waals surface area contributed by atoms with Crippen LogP contribution >= 0.6 is 0 Å². The van der Waals surface area contributed by atoms with Crippen molar-refractivity contribution >= 4 is 0 Å². The van der Waals surface area contributed by atoms with Crippen molar-refractivity contribution in [3.05, 3.63) is 29.6 Å². The molecular formula is C14H20FNO. The number of fused-ring (bicyclic) bond motifs is 1. The molecule has 2 N–H and O–H groups in total. The van der Waals surface area contributed by atoms with Gasteiger partial charge >= 0.3 is 0 Å². The van der Waals surface area contributed by atoms with Crippen LogP contribution in [0.1, 0.15) is 32.3 Å². The lowest BCUT2D eigenvalue weighted by atomic mass is 9.97. The lowest BCUT2D eigenvalue weighted by Crippen LogP contribution is -2.28. The Bertz CT molecular complexity index is 392. The maximum absolute atomic E-state index is 13.0.